The van der Waals surface area contributed by atoms with E-state index < -0.39 is 6.29 Å². The molecule has 2 rings (SSSR count). The predicted molar refractivity (Wildman–Crippen MR) is 46.6 cm³/mol. The van der Waals surface area contributed by atoms with E-state index in [4.69, 9.17) is 4.74 Å². The minimum absolute atomic E-state index is 0.0191. The number of aliphatic hydroxyl groups excluding tert-OH is 1. The second-order valence-corrected chi connectivity index (χ2v) is 4.80. The third-order valence-corrected chi connectivity index (χ3v) is 4.28. The van der Waals surface area contributed by atoms with Crippen LogP contribution in [0.3, 0.4) is 0 Å². The first-order valence-corrected chi connectivity index (χ1v) is 4.88. The summed E-state index contributed by atoms with van der Waals surface area (Å²) in [5, 5.41) is 9.78. The van der Waals surface area contributed by atoms with Gasteiger partial charge in [0, 0.05) is 5.41 Å². The zero-order valence-electron chi connectivity index (χ0n) is 7.97. The topological polar surface area (TPSA) is 29.5 Å². The van der Waals surface area contributed by atoms with E-state index in [0.717, 1.165) is 19.4 Å². The molecule has 2 fully saturated rings. The normalized spacial score (nSPS) is 53.8. The fraction of sp³-hybridized carbons (Fsp3) is 1.00. The Hall–Kier alpha value is -0.0800. The van der Waals surface area contributed by atoms with E-state index in [1.807, 2.05) is 0 Å². The molecule has 0 amide bonds. The summed E-state index contributed by atoms with van der Waals surface area (Å²) in [6.07, 6.45) is 4.20. The molecule has 1 aliphatic heterocycles. The highest BCUT2D eigenvalue weighted by atomic mass is 16.6. The molecule has 1 N–H and O–H groups in total. The second-order valence-electron chi connectivity index (χ2n) is 4.80. The predicted octanol–water partition coefficient (Wildman–Crippen LogP) is 1.92. The lowest BCUT2D eigenvalue weighted by molar-refractivity contribution is -0.236. The van der Waals surface area contributed by atoms with Crippen molar-refractivity contribution in [2.24, 2.45) is 10.8 Å². The minimum atomic E-state index is -0.529. The first kappa shape index (κ1) is 8.52. The number of fused-ring (bicyclic) bond motifs is 1. The zero-order valence-corrected chi connectivity index (χ0v) is 7.97. The van der Waals surface area contributed by atoms with E-state index in [-0.39, 0.29) is 5.41 Å². The fourth-order valence-corrected chi connectivity index (χ4v) is 2.84. The highest BCUT2D eigenvalue weighted by Crippen LogP contribution is 2.58. The summed E-state index contributed by atoms with van der Waals surface area (Å²) in [5.41, 5.74) is 0.343. The maximum atomic E-state index is 9.78. The van der Waals surface area contributed by atoms with Gasteiger partial charge >= 0.3 is 0 Å². The van der Waals surface area contributed by atoms with E-state index in [0.29, 0.717) is 5.41 Å². The molecule has 0 aromatic carbocycles. The summed E-state index contributed by atoms with van der Waals surface area (Å²) in [6.45, 7) is 5.20. The lowest BCUT2D eigenvalue weighted by Gasteiger charge is -2.48. The van der Waals surface area contributed by atoms with Crippen molar-refractivity contribution in [2.45, 2.75) is 45.8 Å². The number of rotatable bonds is 0. The van der Waals surface area contributed by atoms with Crippen molar-refractivity contribution < 1.29 is 9.84 Å². The monoisotopic (exact) mass is 170 g/mol. The average molecular weight is 170 g/mol. The lowest BCUT2D eigenvalue weighted by Crippen LogP contribution is -2.48. The van der Waals surface area contributed by atoms with Gasteiger partial charge in [-0.25, -0.2) is 0 Å². The van der Waals surface area contributed by atoms with Crippen molar-refractivity contribution in [1.82, 2.24) is 0 Å². The van der Waals surface area contributed by atoms with Crippen LogP contribution in [0, 0.1) is 10.8 Å². The Morgan fingerprint density at radius 1 is 1.25 bits per heavy atom. The Bertz CT molecular complexity index is 192. The number of aliphatic hydroxyl groups is 1. The summed E-state index contributed by atoms with van der Waals surface area (Å²) in [6, 6.07) is 0. The van der Waals surface area contributed by atoms with E-state index in [2.05, 4.69) is 13.8 Å². The molecule has 1 aliphatic carbocycles. The van der Waals surface area contributed by atoms with Gasteiger partial charge < -0.3 is 9.84 Å². The summed E-state index contributed by atoms with van der Waals surface area (Å²) in [4.78, 5) is 0. The van der Waals surface area contributed by atoms with Crippen LogP contribution < -0.4 is 0 Å². The van der Waals surface area contributed by atoms with Crippen LogP contribution in [0.4, 0.5) is 0 Å². The molecule has 0 spiro atoms. The van der Waals surface area contributed by atoms with Gasteiger partial charge in [-0.05, 0) is 24.7 Å². The van der Waals surface area contributed by atoms with Crippen LogP contribution in [-0.2, 0) is 4.74 Å². The molecule has 2 heteroatoms. The van der Waals surface area contributed by atoms with E-state index >= 15 is 0 Å². The maximum absolute atomic E-state index is 9.78. The van der Waals surface area contributed by atoms with Crippen LogP contribution >= 0.6 is 0 Å². The Morgan fingerprint density at radius 2 is 2.00 bits per heavy atom. The van der Waals surface area contributed by atoms with Gasteiger partial charge in [0.05, 0.1) is 6.61 Å². The van der Waals surface area contributed by atoms with Gasteiger partial charge in [-0.15, -0.1) is 0 Å². The van der Waals surface area contributed by atoms with Crippen LogP contribution in [-0.4, -0.2) is 18.0 Å². The highest BCUT2D eigenvalue weighted by Gasteiger charge is 2.55. The van der Waals surface area contributed by atoms with Crippen molar-refractivity contribution in [2.75, 3.05) is 6.61 Å². The maximum Gasteiger partial charge on any atom is 0.160 e. The molecule has 0 radical (unpaired) electrons. The lowest BCUT2D eigenvalue weighted by atomic mass is 9.64. The van der Waals surface area contributed by atoms with E-state index in [1.165, 1.54) is 12.8 Å². The van der Waals surface area contributed by atoms with Crippen LogP contribution in [0.5, 0.6) is 0 Å². The van der Waals surface area contributed by atoms with Crippen LogP contribution in [0.25, 0.3) is 0 Å². The Morgan fingerprint density at radius 3 is 2.67 bits per heavy atom. The Labute approximate surface area is 73.9 Å². The third kappa shape index (κ3) is 0.882. The largest absolute Gasteiger partial charge is 0.367 e. The SMILES string of the molecule is C[C@@]12CCC[C@]1(C)C(O)OCC2. The Kier molecular flexibility index (Phi) is 1.74. The van der Waals surface area contributed by atoms with Crippen molar-refractivity contribution in [3.63, 3.8) is 0 Å². The molecule has 2 aliphatic rings. The highest BCUT2D eigenvalue weighted by molar-refractivity contribution is 5.01. The van der Waals surface area contributed by atoms with E-state index in [9.17, 15) is 5.11 Å². The summed E-state index contributed by atoms with van der Waals surface area (Å²) >= 11 is 0. The molecule has 1 saturated carbocycles. The molecule has 3 atom stereocenters. The van der Waals surface area contributed by atoms with Gasteiger partial charge in [-0.1, -0.05) is 20.3 Å². The van der Waals surface area contributed by atoms with Gasteiger partial charge in [0.25, 0.3) is 0 Å². The van der Waals surface area contributed by atoms with E-state index in [1.54, 1.807) is 0 Å². The molecule has 1 heterocycles. The molecule has 1 unspecified atom stereocenters. The number of hydrogen-bond donors (Lipinski definition) is 1. The molecule has 0 bridgehead atoms. The first-order chi connectivity index (χ1) is 5.58. The first-order valence-electron chi connectivity index (χ1n) is 4.88. The fourth-order valence-electron chi connectivity index (χ4n) is 2.84. The van der Waals surface area contributed by atoms with Crippen LogP contribution in [0.15, 0.2) is 0 Å². The van der Waals surface area contributed by atoms with Gasteiger partial charge in [0.2, 0.25) is 0 Å². The van der Waals surface area contributed by atoms with Crippen molar-refractivity contribution in [3.8, 4) is 0 Å². The standard InChI is InChI=1S/C10H18O2/c1-9-4-3-5-10(9,2)8(11)12-7-6-9/h8,11H,3-7H2,1-2H3/t8?,9-,10+/m0/s1. The smallest absolute Gasteiger partial charge is 0.160 e. The molecule has 0 aromatic rings. The van der Waals surface area contributed by atoms with Crippen LogP contribution in [0.1, 0.15) is 39.5 Å². The summed E-state index contributed by atoms with van der Waals surface area (Å²) < 4.78 is 5.32. The molecule has 2 nitrogen and oxygen atoms in total. The minimum Gasteiger partial charge on any atom is -0.367 e. The third-order valence-electron chi connectivity index (χ3n) is 4.28. The van der Waals surface area contributed by atoms with Crippen molar-refractivity contribution >= 4 is 0 Å². The summed E-state index contributed by atoms with van der Waals surface area (Å²) in [5.74, 6) is 0. The van der Waals surface area contributed by atoms with Gasteiger partial charge in [-0.3, -0.25) is 0 Å². The van der Waals surface area contributed by atoms with Crippen molar-refractivity contribution in [3.05, 3.63) is 0 Å². The van der Waals surface area contributed by atoms with Crippen molar-refractivity contribution in [1.29, 1.82) is 0 Å². The molecular formula is C10H18O2. The van der Waals surface area contributed by atoms with Gasteiger partial charge in [0.15, 0.2) is 6.29 Å². The van der Waals surface area contributed by atoms with Crippen LogP contribution in [0.2, 0.25) is 0 Å². The molecule has 70 valence electrons. The Balaban J connectivity index is 2.30. The summed E-state index contributed by atoms with van der Waals surface area (Å²) in [7, 11) is 0. The average Bonchev–Trinajstić information content (AvgIpc) is 2.30. The number of ether oxygens (including phenoxy) is 1. The van der Waals surface area contributed by atoms with Gasteiger partial charge in [0.1, 0.15) is 0 Å². The molecular weight excluding hydrogens is 152 g/mol. The quantitative estimate of drug-likeness (QED) is 0.602. The number of hydrogen-bond acceptors (Lipinski definition) is 2. The second kappa shape index (κ2) is 2.46. The van der Waals surface area contributed by atoms with Gasteiger partial charge in [-0.2, -0.15) is 0 Å². The molecule has 12 heavy (non-hydrogen) atoms. The molecule has 1 saturated heterocycles. The zero-order chi connectivity index (χ0) is 8.82. The molecule has 0 aromatic heterocycles.